The van der Waals surface area contributed by atoms with Crippen molar-refractivity contribution >= 4 is 12.0 Å². The zero-order valence-corrected chi connectivity index (χ0v) is 11.3. The fourth-order valence-electron chi connectivity index (χ4n) is 1.99. The largest absolute Gasteiger partial charge is 0.417 e. The van der Waals surface area contributed by atoms with Gasteiger partial charge in [-0.3, -0.25) is 9.78 Å². The average Bonchev–Trinajstić information content (AvgIpc) is 2.46. The van der Waals surface area contributed by atoms with Crippen molar-refractivity contribution in [2.45, 2.75) is 12.7 Å². The molecule has 0 amide bonds. The molecule has 6 heteroatoms. The van der Waals surface area contributed by atoms with Gasteiger partial charge in [-0.25, -0.2) is 0 Å². The number of hydrogen-bond acceptors (Lipinski definition) is 3. The van der Waals surface area contributed by atoms with Crippen LogP contribution >= 0.6 is 0 Å². The molecule has 0 unspecified atom stereocenters. The van der Waals surface area contributed by atoms with Crippen molar-refractivity contribution < 1.29 is 18.0 Å². The van der Waals surface area contributed by atoms with Gasteiger partial charge in [0.25, 0.3) is 0 Å². The minimum atomic E-state index is -4.55. The number of aromatic nitrogens is 1. The number of pyridine rings is 1. The third-order valence-electron chi connectivity index (χ3n) is 3.05. The van der Waals surface area contributed by atoms with Crippen LogP contribution in [0, 0.1) is 0 Å². The van der Waals surface area contributed by atoms with Crippen LogP contribution in [-0.4, -0.2) is 18.3 Å². The Morgan fingerprint density at radius 3 is 2.62 bits per heavy atom. The van der Waals surface area contributed by atoms with Crippen LogP contribution in [0.25, 0.3) is 0 Å². The van der Waals surface area contributed by atoms with E-state index in [0.717, 1.165) is 11.6 Å². The summed E-state index contributed by atoms with van der Waals surface area (Å²) in [4.78, 5) is 16.4. The molecule has 1 aromatic heterocycles. The van der Waals surface area contributed by atoms with Crippen LogP contribution < -0.4 is 4.90 Å². The van der Waals surface area contributed by atoms with Crippen LogP contribution in [0.15, 0.2) is 42.7 Å². The molecule has 0 aliphatic heterocycles. The van der Waals surface area contributed by atoms with Crippen LogP contribution in [0.1, 0.15) is 21.5 Å². The summed E-state index contributed by atoms with van der Waals surface area (Å²) in [6.45, 7) is 0.422. The van der Waals surface area contributed by atoms with Crippen molar-refractivity contribution in [3.8, 4) is 0 Å². The normalized spacial score (nSPS) is 11.2. The van der Waals surface area contributed by atoms with Gasteiger partial charge in [0.2, 0.25) is 0 Å². The third kappa shape index (κ3) is 3.59. The zero-order chi connectivity index (χ0) is 15.5. The summed E-state index contributed by atoms with van der Waals surface area (Å²) in [5.41, 5.74) is -0.0149. The highest BCUT2D eigenvalue weighted by atomic mass is 19.4. The van der Waals surface area contributed by atoms with Gasteiger partial charge < -0.3 is 4.90 Å². The lowest BCUT2D eigenvalue weighted by Crippen LogP contribution is -2.18. The first-order chi connectivity index (χ1) is 9.91. The lowest BCUT2D eigenvalue weighted by molar-refractivity contribution is -0.137. The number of hydrogen-bond donors (Lipinski definition) is 0. The van der Waals surface area contributed by atoms with E-state index in [4.69, 9.17) is 0 Å². The molecule has 0 N–H and O–H groups in total. The second-order valence-electron chi connectivity index (χ2n) is 4.60. The van der Waals surface area contributed by atoms with Gasteiger partial charge in [0.15, 0.2) is 6.29 Å². The second kappa shape index (κ2) is 5.95. The van der Waals surface area contributed by atoms with E-state index in [-0.39, 0.29) is 11.8 Å². The Morgan fingerprint density at radius 2 is 2.05 bits per heavy atom. The van der Waals surface area contributed by atoms with Crippen LogP contribution in [0.3, 0.4) is 0 Å². The van der Waals surface area contributed by atoms with E-state index >= 15 is 0 Å². The number of alkyl halides is 3. The Labute approximate surface area is 120 Å². The summed E-state index contributed by atoms with van der Waals surface area (Å²) < 4.78 is 38.8. The Balaban J connectivity index is 2.30. The number of nitrogens with zero attached hydrogens (tertiary/aromatic N) is 2. The first-order valence-electron chi connectivity index (χ1n) is 6.18. The SMILES string of the molecule is CN(Cc1cccnc1)c1ccc(C=O)c(C(F)(F)F)c1. The summed E-state index contributed by atoms with van der Waals surface area (Å²) in [7, 11) is 1.68. The molecular weight excluding hydrogens is 281 g/mol. The molecule has 1 aromatic carbocycles. The predicted molar refractivity (Wildman–Crippen MR) is 73.2 cm³/mol. The molecule has 110 valence electrons. The maximum atomic E-state index is 12.9. The Morgan fingerprint density at radius 1 is 1.29 bits per heavy atom. The van der Waals surface area contributed by atoms with Crippen molar-refractivity contribution in [1.29, 1.82) is 0 Å². The van der Waals surface area contributed by atoms with Gasteiger partial charge in [-0.2, -0.15) is 13.2 Å². The highest BCUT2D eigenvalue weighted by Crippen LogP contribution is 2.34. The molecule has 0 bridgehead atoms. The summed E-state index contributed by atoms with van der Waals surface area (Å²) >= 11 is 0. The average molecular weight is 294 g/mol. The first-order valence-corrected chi connectivity index (χ1v) is 6.18. The smallest absolute Gasteiger partial charge is 0.370 e. The molecule has 0 saturated heterocycles. The lowest BCUT2D eigenvalue weighted by atomic mass is 10.1. The maximum Gasteiger partial charge on any atom is 0.417 e. The number of halogens is 3. The van der Waals surface area contributed by atoms with E-state index in [1.807, 2.05) is 6.07 Å². The summed E-state index contributed by atoms with van der Waals surface area (Å²) in [5.74, 6) is 0. The highest BCUT2D eigenvalue weighted by Gasteiger charge is 2.33. The number of rotatable bonds is 4. The number of benzene rings is 1. The monoisotopic (exact) mass is 294 g/mol. The van der Waals surface area contributed by atoms with Gasteiger partial charge in [0, 0.05) is 37.2 Å². The molecule has 0 spiro atoms. The number of carbonyl (C=O) groups is 1. The predicted octanol–water partition coefficient (Wildman–Crippen LogP) is 3.55. The van der Waals surface area contributed by atoms with Crippen molar-refractivity contribution in [2.75, 3.05) is 11.9 Å². The Hall–Kier alpha value is -2.37. The third-order valence-corrected chi connectivity index (χ3v) is 3.05. The molecule has 0 atom stereocenters. The number of carbonyl (C=O) groups excluding carboxylic acids is 1. The minimum Gasteiger partial charge on any atom is -0.370 e. The molecular formula is C15H13F3N2O. The van der Waals surface area contributed by atoms with Crippen molar-refractivity contribution in [3.05, 3.63) is 59.4 Å². The zero-order valence-electron chi connectivity index (χ0n) is 11.3. The molecule has 2 rings (SSSR count). The molecule has 0 aliphatic carbocycles. The van der Waals surface area contributed by atoms with Crippen molar-refractivity contribution in [1.82, 2.24) is 4.98 Å². The molecule has 2 aromatic rings. The molecule has 0 radical (unpaired) electrons. The fraction of sp³-hybridized carbons (Fsp3) is 0.200. The van der Waals surface area contributed by atoms with Gasteiger partial charge >= 0.3 is 6.18 Å². The maximum absolute atomic E-state index is 12.9. The van der Waals surface area contributed by atoms with E-state index in [9.17, 15) is 18.0 Å². The molecule has 3 nitrogen and oxygen atoms in total. The van der Waals surface area contributed by atoms with Gasteiger partial charge in [0.05, 0.1) is 5.56 Å². The van der Waals surface area contributed by atoms with Crippen LogP contribution in [0.2, 0.25) is 0 Å². The first kappa shape index (κ1) is 15.0. The van der Waals surface area contributed by atoms with Gasteiger partial charge in [0.1, 0.15) is 0 Å². The lowest BCUT2D eigenvalue weighted by Gasteiger charge is -2.21. The van der Waals surface area contributed by atoms with Crippen molar-refractivity contribution in [2.24, 2.45) is 0 Å². The van der Waals surface area contributed by atoms with Gasteiger partial charge in [-0.05, 0) is 29.8 Å². The number of anilines is 1. The number of aldehydes is 1. The Bertz CT molecular complexity index is 627. The minimum absolute atomic E-state index is 0.216. The van der Waals surface area contributed by atoms with E-state index in [0.29, 0.717) is 12.2 Å². The summed E-state index contributed by atoms with van der Waals surface area (Å²) in [5, 5.41) is 0. The molecule has 21 heavy (non-hydrogen) atoms. The van der Waals surface area contributed by atoms with E-state index < -0.39 is 11.7 Å². The second-order valence-corrected chi connectivity index (χ2v) is 4.60. The van der Waals surface area contributed by atoms with Crippen molar-refractivity contribution in [3.63, 3.8) is 0 Å². The molecule has 0 aliphatic rings. The van der Waals surface area contributed by atoms with E-state index in [1.54, 1.807) is 30.4 Å². The molecule has 0 fully saturated rings. The van der Waals surface area contributed by atoms with E-state index in [1.165, 1.54) is 12.1 Å². The topological polar surface area (TPSA) is 33.2 Å². The summed E-state index contributed by atoms with van der Waals surface area (Å²) in [6.07, 6.45) is -1.06. The Kier molecular flexibility index (Phi) is 4.26. The van der Waals surface area contributed by atoms with Crippen LogP contribution in [0.5, 0.6) is 0 Å². The van der Waals surface area contributed by atoms with Crippen LogP contribution in [0.4, 0.5) is 18.9 Å². The van der Waals surface area contributed by atoms with E-state index in [2.05, 4.69) is 4.98 Å². The molecule has 0 saturated carbocycles. The fourth-order valence-corrected chi connectivity index (χ4v) is 1.99. The summed E-state index contributed by atoms with van der Waals surface area (Å²) in [6, 6.07) is 7.27. The van der Waals surface area contributed by atoms with Crippen LogP contribution in [-0.2, 0) is 12.7 Å². The highest BCUT2D eigenvalue weighted by molar-refractivity contribution is 5.79. The van der Waals surface area contributed by atoms with Gasteiger partial charge in [-0.1, -0.05) is 6.07 Å². The van der Waals surface area contributed by atoms with Gasteiger partial charge in [-0.15, -0.1) is 0 Å². The quantitative estimate of drug-likeness (QED) is 0.809. The standard InChI is InChI=1S/C15H13F3N2O/c1-20(9-11-3-2-6-19-8-11)13-5-4-12(10-21)14(7-13)15(16,17)18/h2-8,10H,9H2,1H3. The molecule has 1 heterocycles.